The van der Waals surface area contributed by atoms with Gasteiger partial charge in [0.25, 0.3) is 0 Å². The van der Waals surface area contributed by atoms with Crippen molar-refractivity contribution >= 4 is 17.6 Å². The van der Waals surface area contributed by atoms with Crippen LogP contribution in [0.1, 0.15) is 32.4 Å². The lowest BCUT2D eigenvalue weighted by molar-refractivity contribution is -0.149. The Morgan fingerprint density at radius 1 is 1.22 bits per heavy atom. The minimum Gasteiger partial charge on any atom is -0.465 e. The van der Waals surface area contributed by atoms with Crippen molar-refractivity contribution in [2.45, 2.75) is 26.8 Å². The topological polar surface area (TPSA) is 29.5 Å². The van der Waals surface area contributed by atoms with Crippen molar-refractivity contribution in [2.75, 3.05) is 19.7 Å². The molecule has 0 saturated carbocycles. The summed E-state index contributed by atoms with van der Waals surface area (Å²) in [7, 11) is 0. The molecular formula is C14H20ClNO2. The Bertz CT molecular complexity index is 374. The zero-order chi connectivity index (χ0) is 13.5. The molecule has 0 saturated heterocycles. The highest BCUT2D eigenvalue weighted by molar-refractivity contribution is 6.30. The fraction of sp³-hybridized carbons (Fsp3) is 0.500. The van der Waals surface area contributed by atoms with Crippen LogP contribution in [0.15, 0.2) is 24.3 Å². The Morgan fingerprint density at radius 2 is 1.78 bits per heavy atom. The Balaban J connectivity index is 3.02. The van der Waals surface area contributed by atoms with Crippen LogP contribution in [-0.2, 0) is 9.53 Å². The summed E-state index contributed by atoms with van der Waals surface area (Å²) in [5.74, 6) is -0.205. The number of likely N-dealkylation sites (N-methyl/N-ethyl adjacent to an activating group) is 1. The van der Waals surface area contributed by atoms with Gasteiger partial charge in [0.05, 0.1) is 6.61 Å². The van der Waals surface area contributed by atoms with Crippen LogP contribution in [0.3, 0.4) is 0 Å². The van der Waals surface area contributed by atoms with E-state index in [0.29, 0.717) is 11.6 Å². The number of halogens is 1. The molecule has 0 N–H and O–H groups in total. The van der Waals surface area contributed by atoms with Gasteiger partial charge in [-0.15, -0.1) is 0 Å². The Kier molecular flexibility index (Phi) is 6.16. The fourth-order valence-corrected chi connectivity index (χ4v) is 2.08. The predicted molar refractivity (Wildman–Crippen MR) is 73.7 cm³/mol. The number of hydrogen-bond acceptors (Lipinski definition) is 3. The number of carbonyl (C=O) groups excluding carboxylic acids is 1. The molecule has 1 aromatic rings. The zero-order valence-corrected chi connectivity index (χ0v) is 11.9. The maximum absolute atomic E-state index is 12.1. The monoisotopic (exact) mass is 269 g/mol. The maximum Gasteiger partial charge on any atom is 0.327 e. The molecule has 0 radical (unpaired) electrons. The van der Waals surface area contributed by atoms with Gasteiger partial charge in [-0.2, -0.15) is 0 Å². The first-order chi connectivity index (χ1) is 8.63. The molecule has 1 aromatic carbocycles. The summed E-state index contributed by atoms with van der Waals surface area (Å²) in [5.41, 5.74) is 0.918. The number of nitrogens with zero attached hydrogens (tertiary/aromatic N) is 1. The Labute approximate surface area is 114 Å². The second kappa shape index (κ2) is 7.39. The fourth-order valence-electron chi connectivity index (χ4n) is 1.95. The quantitative estimate of drug-likeness (QED) is 0.742. The van der Waals surface area contributed by atoms with Gasteiger partial charge in [-0.3, -0.25) is 4.90 Å². The molecule has 4 heteroatoms. The van der Waals surface area contributed by atoms with Crippen LogP contribution in [0.2, 0.25) is 5.02 Å². The largest absolute Gasteiger partial charge is 0.465 e. The van der Waals surface area contributed by atoms with Gasteiger partial charge in [-0.05, 0) is 37.7 Å². The molecule has 0 aliphatic carbocycles. The van der Waals surface area contributed by atoms with Crippen molar-refractivity contribution in [1.82, 2.24) is 4.90 Å². The standard InChI is InChI=1S/C14H20ClNO2/c1-4-16(5-2)13(14(17)18-6-3)11-7-9-12(15)10-8-11/h7-10,13H,4-6H2,1-3H3. The van der Waals surface area contributed by atoms with E-state index >= 15 is 0 Å². The highest BCUT2D eigenvalue weighted by atomic mass is 35.5. The van der Waals surface area contributed by atoms with Crippen molar-refractivity contribution in [1.29, 1.82) is 0 Å². The van der Waals surface area contributed by atoms with Crippen LogP contribution in [0.25, 0.3) is 0 Å². The van der Waals surface area contributed by atoms with Gasteiger partial charge in [0.2, 0.25) is 0 Å². The van der Waals surface area contributed by atoms with Crippen LogP contribution in [-0.4, -0.2) is 30.6 Å². The molecule has 18 heavy (non-hydrogen) atoms. The van der Waals surface area contributed by atoms with Gasteiger partial charge in [-0.25, -0.2) is 4.79 Å². The van der Waals surface area contributed by atoms with E-state index in [1.807, 2.05) is 32.9 Å². The zero-order valence-electron chi connectivity index (χ0n) is 11.1. The average molecular weight is 270 g/mol. The molecular weight excluding hydrogens is 250 g/mol. The van der Waals surface area contributed by atoms with Crippen LogP contribution < -0.4 is 0 Å². The van der Waals surface area contributed by atoms with Crippen molar-refractivity contribution < 1.29 is 9.53 Å². The summed E-state index contributed by atoms with van der Waals surface area (Å²) in [5, 5.41) is 0.668. The minimum atomic E-state index is -0.350. The number of esters is 1. The third kappa shape index (κ3) is 3.72. The van der Waals surface area contributed by atoms with Crippen molar-refractivity contribution in [3.63, 3.8) is 0 Å². The summed E-state index contributed by atoms with van der Waals surface area (Å²) in [6.07, 6.45) is 0. The van der Waals surface area contributed by atoms with E-state index < -0.39 is 0 Å². The number of ether oxygens (including phenoxy) is 1. The van der Waals surface area contributed by atoms with E-state index in [1.54, 1.807) is 12.1 Å². The van der Waals surface area contributed by atoms with Gasteiger partial charge in [-0.1, -0.05) is 37.6 Å². The molecule has 0 fully saturated rings. The van der Waals surface area contributed by atoms with E-state index in [9.17, 15) is 4.79 Å². The second-order valence-corrected chi connectivity index (χ2v) is 4.36. The van der Waals surface area contributed by atoms with E-state index in [1.165, 1.54) is 0 Å². The third-order valence-electron chi connectivity index (χ3n) is 2.87. The summed E-state index contributed by atoms with van der Waals surface area (Å²) < 4.78 is 5.16. The second-order valence-electron chi connectivity index (χ2n) is 3.93. The van der Waals surface area contributed by atoms with Gasteiger partial charge in [0.1, 0.15) is 6.04 Å². The molecule has 0 aliphatic rings. The van der Waals surface area contributed by atoms with Crippen LogP contribution in [0, 0.1) is 0 Å². The van der Waals surface area contributed by atoms with E-state index in [0.717, 1.165) is 18.7 Å². The smallest absolute Gasteiger partial charge is 0.327 e. The van der Waals surface area contributed by atoms with E-state index in [2.05, 4.69) is 4.90 Å². The van der Waals surface area contributed by atoms with Gasteiger partial charge < -0.3 is 4.74 Å². The van der Waals surface area contributed by atoms with Crippen LogP contribution >= 0.6 is 11.6 Å². The molecule has 0 aromatic heterocycles. The predicted octanol–water partition coefficient (Wildman–Crippen LogP) is 3.29. The van der Waals surface area contributed by atoms with Crippen molar-refractivity contribution in [3.05, 3.63) is 34.9 Å². The van der Waals surface area contributed by atoms with Crippen molar-refractivity contribution in [2.24, 2.45) is 0 Å². The lowest BCUT2D eigenvalue weighted by Crippen LogP contribution is -2.35. The normalized spacial score (nSPS) is 12.5. The Morgan fingerprint density at radius 3 is 2.22 bits per heavy atom. The van der Waals surface area contributed by atoms with Crippen LogP contribution in [0.5, 0.6) is 0 Å². The first-order valence-corrected chi connectivity index (χ1v) is 6.67. The van der Waals surface area contributed by atoms with Gasteiger partial charge >= 0.3 is 5.97 Å². The minimum absolute atomic E-state index is 0.205. The highest BCUT2D eigenvalue weighted by Gasteiger charge is 2.26. The SMILES string of the molecule is CCOC(=O)C(c1ccc(Cl)cc1)N(CC)CC. The molecule has 0 aliphatic heterocycles. The summed E-state index contributed by atoms with van der Waals surface area (Å²) in [6, 6.07) is 7.00. The molecule has 0 amide bonds. The Hall–Kier alpha value is -1.06. The third-order valence-corrected chi connectivity index (χ3v) is 3.13. The molecule has 1 rings (SSSR count). The molecule has 1 unspecified atom stereocenters. The molecule has 0 heterocycles. The van der Waals surface area contributed by atoms with E-state index in [-0.39, 0.29) is 12.0 Å². The van der Waals surface area contributed by atoms with E-state index in [4.69, 9.17) is 16.3 Å². The molecule has 100 valence electrons. The molecule has 0 spiro atoms. The van der Waals surface area contributed by atoms with Gasteiger partial charge in [0, 0.05) is 5.02 Å². The van der Waals surface area contributed by atoms with Crippen LogP contribution in [0.4, 0.5) is 0 Å². The maximum atomic E-state index is 12.1. The van der Waals surface area contributed by atoms with Gasteiger partial charge in [0.15, 0.2) is 0 Å². The first-order valence-electron chi connectivity index (χ1n) is 6.30. The summed E-state index contributed by atoms with van der Waals surface area (Å²) in [4.78, 5) is 14.2. The summed E-state index contributed by atoms with van der Waals surface area (Å²) in [6.45, 7) is 7.87. The number of rotatable bonds is 6. The number of carbonyl (C=O) groups is 1. The lowest BCUT2D eigenvalue weighted by Gasteiger charge is -2.28. The first kappa shape index (κ1) is 15.0. The van der Waals surface area contributed by atoms with Crippen molar-refractivity contribution in [3.8, 4) is 0 Å². The average Bonchev–Trinajstić information content (AvgIpc) is 2.37. The lowest BCUT2D eigenvalue weighted by atomic mass is 10.1. The summed E-state index contributed by atoms with van der Waals surface area (Å²) >= 11 is 5.87. The highest BCUT2D eigenvalue weighted by Crippen LogP contribution is 2.23. The number of benzene rings is 1. The molecule has 1 atom stereocenters. The number of hydrogen-bond donors (Lipinski definition) is 0. The molecule has 0 bridgehead atoms. The molecule has 3 nitrogen and oxygen atoms in total.